The van der Waals surface area contributed by atoms with Crippen molar-refractivity contribution in [3.8, 4) is 0 Å². The zero-order chi connectivity index (χ0) is 11.4. The zero-order valence-corrected chi connectivity index (χ0v) is 10.9. The molecule has 0 saturated heterocycles. The van der Waals surface area contributed by atoms with Gasteiger partial charge in [0.05, 0.1) is 16.8 Å². The van der Waals surface area contributed by atoms with Crippen LogP contribution < -0.4 is 11.1 Å². The Hall–Kier alpha value is -0.770. The monoisotopic (exact) mass is 262 g/mol. The SMILES string of the molecule is CC[C@H](N)C(=O)Nc1cc(C)ccc1Cl.Cl. The third-order valence-corrected chi connectivity index (χ3v) is 2.49. The van der Waals surface area contributed by atoms with Crippen LogP contribution in [0, 0.1) is 6.92 Å². The molecule has 0 aliphatic carbocycles. The van der Waals surface area contributed by atoms with E-state index in [0.717, 1.165) is 5.56 Å². The predicted octanol–water partition coefficient (Wildman–Crippen LogP) is 2.75. The fourth-order valence-corrected chi connectivity index (χ4v) is 1.31. The molecule has 0 unspecified atom stereocenters. The highest BCUT2D eigenvalue weighted by Gasteiger charge is 2.12. The van der Waals surface area contributed by atoms with Crippen molar-refractivity contribution in [2.24, 2.45) is 5.73 Å². The number of carbonyl (C=O) groups excluding carboxylic acids is 1. The maximum absolute atomic E-state index is 11.5. The van der Waals surface area contributed by atoms with Crippen molar-refractivity contribution in [3.63, 3.8) is 0 Å². The van der Waals surface area contributed by atoms with Crippen LogP contribution in [0.25, 0.3) is 0 Å². The Bertz CT molecular complexity index is 369. The molecule has 0 fully saturated rings. The van der Waals surface area contributed by atoms with Gasteiger partial charge in [-0.05, 0) is 31.0 Å². The van der Waals surface area contributed by atoms with Gasteiger partial charge in [-0.1, -0.05) is 24.6 Å². The fourth-order valence-electron chi connectivity index (χ4n) is 1.15. The Morgan fingerprint density at radius 2 is 2.19 bits per heavy atom. The van der Waals surface area contributed by atoms with E-state index in [2.05, 4.69) is 5.32 Å². The maximum atomic E-state index is 11.5. The number of aryl methyl sites for hydroxylation is 1. The summed E-state index contributed by atoms with van der Waals surface area (Å²) in [7, 11) is 0. The van der Waals surface area contributed by atoms with Crippen LogP contribution >= 0.6 is 24.0 Å². The van der Waals surface area contributed by atoms with Crippen LogP contribution in [0.2, 0.25) is 5.02 Å². The molecule has 0 heterocycles. The summed E-state index contributed by atoms with van der Waals surface area (Å²) in [6.45, 7) is 3.80. The lowest BCUT2D eigenvalue weighted by Crippen LogP contribution is -2.34. The summed E-state index contributed by atoms with van der Waals surface area (Å²) >= 11 is 5.93. The number of anilines is 1. The van der Waals surface area contributed by atoms with Crippen LogP contribution in [0.5, 0.6) is 0 Å². The van der Waals surface area contributed by atoms with Gasteiger partial charge in [-0.3, -0.25) is 4.79 Å². The van der Waals surface area contributed by atoms with Gasteiger partial charge in [-0.25, -0.2) is 0 Å². The molecule has 90 valence electrons. The second-order valence-corrected chi connectivity index (χ2v) is 3.89. The molecule has 1 amide bonds. The summed E-state index contributed by atoms with van der Waals surface area (Å²) in [5.41, 5.74) is 7.26. The first-order valence-electron chi connectivity index (χ1n) is 4.87. The van der Waals surface area contributed by atoms with Gasteiger partial charge < -0.3 is 11.1 Å². The number of halogens is 2. The second kappa shape index (κ2) is 6.74. The van der Waals surface area contributed by atoms with Crippen molar-refractivity contribution >= 4 is 35.6 Å². The van der Waals surface area contributed by atoms with E-state index in [1.807, 2.05) is 26.0 Å². The molecule has 5 heteroatoms. The smallest absolute Gasteiger partial charge is 0.241 e. The number of benzene rings is 1. The molecule has 0 bridgehead atoms. The topological polar surface area (TPSA) is 55.1 Å². The minimum absolute atomic E-state index is 0. The van der Waals surface area contributed by atoms with E-state index in [1.54, 1.807) is 6.07 Å². The molecule has 0 spiro atoms. The number of amides is 1. The molecular formula is C11H16Cl2N2O. The fraction of sp³-hybridized carbons (Fsp3) is 0.364. The van der Waals surface area contributed by atoms with Crippen LogP contribution in [0.4, 0.5) is 5.69 Å². The van der Waals surface area contributed by atoms with Crippen molar-refractivity contribution in [1.29, 1.82) is 0 Å². The van der Waals surface area contributed by atoms with E-state index in [1.165, 1.54) is 0 Å². The molecule has 0 radical (unpaired) electrons. The third-order valence-electron chi connectivity index (χ3n) is 2.16. The average Bonchev–Trinajstić information content (AvgIpc) is 2.22. The molecule has 1 aromatic carbocycles. The maximum Gasteiger partial charge on any atom is 0.241 e. The Labute approximate surface area is 107 Å². The van der Waals surface area contributed by atoms with Crippen LogP contribution in [0.3, 0.4) is 0 Å². The first-order valence-corrected chi connectivity index (χ1v) is 5.25. The van der Waals surface area contributed by atoms with Gasteiger partial charge in [-0.2, -0.15) is 0 Å². The van der Waals surface area contributed by atoms with Gasteiger partial charge >= 0.3 is 0 Å². The van der Waals surface area contributed by atoms with E-state index < -0.39 is 6.04 Å². The van der Waals surface area contributed by atoms with E-state index in [9.17, 15) is 4.79 Å². The Morgan fingerprint density at radius 3 is 2.75 bits per heavy atom. The first-order chi connectivity index (χ1) is 7.04. The average molecular weight is 263 g/mol. The standard InChI is InChI=1S/C11H15ClN2O.ClH/c1-3-9(13)11(15)14-10-6-7(2)4-5-8(10)12;/h4-6,9H,3,13H2,1-2H3,(H,14,15);1H/t9-;/m0./s1. The summed E-state index contributed by atoms with van der Waals surface area (Å²) in [5.74, 6) is -0.204. The van der Waals surface area contributed by atoms with E-state index >= 15 is 0 Å². The van der Waals surface area contributed by atoms with Crippen LogP contribution in [0.1, 0.15) is 18.9 Å². The molecule has 1 aromatic rings. The second-order valence-electron chi connectivity index (χ2n) is 3.49. The Morgan fingerprint density at radius 1 is 1.56 bits per heavy atom. The summed E-state index contributed by atoms with van der Waals surface area (Å²) < 4.78 is 0. The molecule has 1 atom stereocenters. The number of nitrogens with one attached hydrogen (secondary N) is 1. The number of carbonyl (C=O) groups is 1. The number of hydrogen-bond acceptors (Lipinski definition) is 2. The summed E-state index contributed by atoms with van der Waals surface area (Å²) in [5, 5.41) is 3.23. The molecule has 1 rings (SSSR count). The van der Waals surface area contributed by atoms with Gasteiger partial charge in [0, 0.05) is 0 Å². The molecule has 16 heavy (non-hydrogen) atoms. The number of hydrogen-bond donors (Lipinski definition) is 2. The molecule has 3 N–H and O–H groups in total. The number of nitrogens with two attached hydrogens (primary N) is 1. The van der Waals surface area contributed by atoms with E-state index in [-0.39, 0.29) is 18.3 Å². The normalized spacial score (nSPS) is 11.5. The lowest BCUT2D eigenvalue weighted by Gasteiger charge is -2.11. The first kappa shape index (κ1) is 15.2. The summed E-state index contributed by atoms with van der Waals surface area (Å²) in [6, 6.07) is 4.98. The minimum atomic E-state index is -0.485. The highest BCUT2D eigenvalue weighted by atomic mass is 35.5. The quantitative estimate of drug-likeness (QED) is 0.880. The molecule has 3 nitrogen and oxygen atoms in total. The van der Waals surface area contributed by atoms with Gasteiger partial charge in [0.1, 0.15) is 0 Å². The molecule has 0 saturated carbocycles. The van der Waals surface area contributed by atoms with Gasteiger partial charge in [0.25, 0.3) is 0 Å². The lowest BCUT2D eigenvalue weighted by molar-refractivity contribution is -0.117. The van der Waals surface area contributed by atoms with Gasteiger partial charge in [0.15, 0.2) is 0 Å². The third kappa shape index (κ3) is 4.00. The van der Waals surface area contributed by atoms with Gasteiger partial charge in [0.2, 0.25) is 5.91 Å². The predicted molar refractivity (Wildman–Crippen MR) is 70.3 cm³/mol. The molecular weight excluding hydrogens is 247 g/mol. The highest BCUT2D eigenvalue weighted by molar-refractivity contribution is 6.33. The molecule has 0 aliphatic heterocycles. The van der Waals surface area contributed by atoms with Crippen molar-refractivity contribution in [3.05, 3.63) is 28.8 Å². The molecule has 0 aromatic heterocycles. The van der Waals surface area contributed by atoms with Crippen LogP contribution in [0.15, 0.2) is 18.2 Å². The van der Waals surface area contributed by atoms with Crippen molar-refractivity contribution < 1.29 is 4.79 Å². The summed E-state index contributed by atoms with van der Waals surface area (Å²) in [6.07, 6.45) is 0.606. The van der Waals surface area contributed by atoms with Crippen molar-refractivity contribution in [1.82, 2.24) is 0 Å². The highest BCUT2D eigenvalue weighted by Crippen LogP contribution is 2.22. The summed E-state index contributed by atoms with van der Waals surface area (Å²) in [4.78, 5) is 11.5. The Balaban J connectivity index is 0.00000225. The molecule has 0 aliphatic rings. The Kier molecular flexibility index (Phi) is 6.41. The van der Waals surface area contributed by atoms with E-state index in [4.69, 9.17) is 17.3 Å². The van der Waals surface area contributed by atoms with Crippen LogP contribution in [-0.2, 0) is 4.79 Å². The largest absolute Gasteiger partial charge is 0.323 e. The number of rotatable bonds is 3. The minimum Gasteiger partial charge on any atom is -0.323 e. The van der Waals surface area contributed by atoms with E-state index in [0.29, 0.717) is 17.1 Å². The van der Waals surface area contributed by atoms with Gasteiger partial charge in [-0.15, -0.1) is 12.4 Å². The zero-order valence-electron chi connectivity index (χ0n) is 9.29. The van der Waals surface area contributed by atoms with Crippen molar-refractivity contribution in [2.75, 3.05) is 5.32 Å². The van der Waals surface area contributed by atoms with Crippen LogP contribution in [-0.4, -0.2) is 11.9 Å². The lowest BCUT2D eigenvalue weighted by atomic mass is 10.2. The van der Waals surface area contributed by atoms with Crippen molar-refractivity contribution in [2.45, 2.75) is 26.3 Å².